The molecule has 1 aliphatic rings. The Hall–Kier alpha value is -2.92. The number of hydrogen-bond donors (Lipinski definition) is 1. The second kappa shape index (κ2) is 8.40. The third-order valence-corrected chi connectivity index (χ3v) is 5.13. The molecule has 1 amide bonds. The molecule has 4 rings (SSSR count). The first-order chi connectivity index (χ1) is 13.7. The molecule has 0 saturated carbocycles. The van der Waals surface area contributed by atoms with Crippen molar-refractivity contribution in [3.63, 3.8) is 0 Å². The Labute approximate surface area is 165 Å². The Morgan fingerprint density at radius 2 is 1.82 bits per heavy atom. The van der Waals surface area contributed by atoms with Crippen molar-refractivity contribution < 1.29 is 9.53 Å². The SMILES string of the molecule is CC(=O)N[C@H]1C[C@@H](c2cccc(Cn3cccn3)c2)O[C@@H](c2ccccc2)C1. The number of nitrogens with one attached hydrogen (secondary N) is 1. The molecule has 0 unspecified atom stereocenters. The number of ether oxygens (including phenoxy) is 1. The Kier molecular flexibility index (Phi) is 5.53. The summed E-state index contributed by atoms with van der Waals surface area (Å²) >= 11 is 0. The molecule has 1 N–H and O–H groups in total. The highest BCUT2D eigenvalue weighted by molar-refractivity contribution is 5.73. The van der Waals surface area contributed by atoms with E-state index in [1.165, 1.54) is 5.56 Å². The Balaban J connectivity index is 1.57. The lowest BCUT2D eigenvalue weighted by molar-refractivity contribution is -0.122. The number of carbonyl (C=O) groups is 1. The highest BCUT2D eigenvalue weighted by Gasteiger charge is 2.31. The number of hydrogen-bond acceptors (Lipinski definition) is 3. The second-order valence-corrected chi connectivity index (χ2v) is 7.34. The summed E-state index contributed by atoms with van der Waals surface area (Å²) in [7, 11) is 0. The fourth-order valence-corrected chi connectivity index (χ4v) is 3.90. The molecule has 2 heterocycles. The van der Waals surface area contributed by atoms with Crippen molar-refractivity contribution in [1.82, 2.24) is 15.1 Å². The average Bonchev–Trinajstić information content (AvgIpc) is 3.21. The third-order valence-electron chi connectivity index (χ3n) is 5.13. The number of benzene rings is 2. The molecule has 144 valence electrons. The molecule has 1 saturated heterocycles. The Bertz CT molecular complexity index is 909. The van der Waals surface area contributed by atoms with Gasteiger partial charge in [-0.1, -0.05) is 54.6 Å². The van der Waals surface area contributed by atoms with Crippen LogP contribution in [-0.2, 0) is 16.1 Å². The summed E-state index contributed by atoms with van der Waals surface area (Å²) in [5, 5.41) is 7.39. The molecule has 0 spiro atoms. The van der Waals surface area contributed by atoms with Gasteiger partial charge in [0, 0.05) is 25.4 Å². The normalized spacial score (nSPS) is 22.0. The first-order valence-electron chi connectivity index (χ1n) is 9.71. The molecule has 1 aliphatic heterocycles. The maximum Gasteiger partial charge on any atom is 0.217 e. The van der Waals surface area contributed by atoms with E-state index in [4.69, 9.17) is 4.74 Å². The lowest BCUT2D eigenvalue weighted by atomic mass is 9.90. The largest absolute Gasteiger partial charge is 0.365 e. The highest BCUT2D eigenvalue weighted by Crippen LogP contribution is 2.39. The number of amides is 1. The van der Waals surface area contributed by atoms with Crippen LogP contribution in [-0.4, -0.2) is 21.7 Å². The first kappa shape index (κ1) is 18.4. The fraction of sp³-hybridized carbons (Fsp3) is 0.304. The Morgan fingerprint density at radius 1 is 1.07 bits per heavy atom. The van der Waals surface area contributed by atoms with Crippen molar-refractivity contribution in [3.8, 4) is 0 Å². The van der Waals surface area contributed by atoms with Gasteiger partial charge in [-0.25, -0.2) is 0 Å². The van der Waals surface area contributed by atoms with Gasteiger partial charge in [-0.3, -0.25) is 9.48 Å². The van der Waals surface area contributed by atoms with Crippen LogP contribution in [0.1, 0.15) is 48.7 Å². The molecule has 0 radical (unpaired) electrons. The molecule has 0 bridgehead atoms. The zero-order valence-electron chi connectivity index (χ0n) is 16.0. The minimum Gasteiger partial charge on any atom is -0.365 e. The summed E-state index contributed by atoms with van der Waals surface area (Å²) in [6, 6.07) is 20.7. The van der Waals surface area contributed by atoms with E-state index in [1.54, 1.807) is 13.1 Å². The zero-order chi connectivity index (χ0) is 19.3. The van der Waals surface area contributed by atoms with E-state index in [2.05, 4.69) is 46.8 Å². The monoisotopic (exact) mass is 375 g/mol. The van der Waals surface area contributed by atoms with E-state index in [9.17, 15) is 4.79 Å². The second-order valence-electron chi connectivity index (χ2n) is 7.34. The third kappa shape index (κ3) is 4.49. The molecular formula is C23H25N3O2. The topological polar surface area (TPSA) is 56.2 Å². The maximum absolute atomic E-state index is 11.7. The minimum atomic E-state index is -0.0617. The molecule has 1 fully saturated rings. The molecule has 3 aromatic rings. The highest BCUT2D eigenvalue weighted by atomic mass is 16.5. The van der Waals surface area contributed by atoms with Crippen molar-refractivity contribution in [2.24, 2.45) is 0 Å². The number of aromatic nitrogens is 2. The molecule has 2 aromatic carbocycles. The smallest absolute Gasteiger partial charge is 0.217 e. The minimum absolute atomic E-state index is 0.00453. The van der Waals surface area contributed by atoms with Crippen LogP contribution in [0.15, 0.2) is 73.1 Å². The van der Waals surface area contributed by atoms with Crippen molar-refractivity contribution in [2.45, 2.75) is 44.6 Å². The quantitative estimate of drug-likeness (QED) is 0.733. The summed E-state index contributed by atoms with van der Waals surface area (Å²) in [5.41, 5.74) is 3.47. The van der Waals surface area contributed by atoms with Crippen LogP contribution in [0, 0.1) is 0 Å². The molecular weight excluding hydrogens is 350 g/mol. The van der Waals surface area contributed by atoms with Crippen molar-refractivity contribution in [1.29, 1.82) is 0 Å². The molecule has 28 heavy (non-hydrogen) atoms. The van der Waals surface area contributed by atoms with Crippen molar-refractivity contribution >= 4 is 5.91 Å². The lowest BCUT2D eigenvalue weighted by Crippen LogP contribution is -2.39. The number of carbonyl (C=O) groups excluding carboxylic acids is 1. The average molecular weight is 375 g/mol. The van der Waals surface area contributed by atoms with Crippen LogP contribution in [0.3, 0.4) is 0 Å². The zero-order valence-corrected chi connectivity index (χ0v) is 16.0. The van der Waals surface area contributed by atoms with Gasteiger partial charge >= 0.3 is 0 Å². The Morgan fingerprint density at radius 3 is 2.54 bits per heavy atom. The summed E-state index contributed by atoms with van der Waals surface area (Å²) in [5.74, 6) is 0.00453. The van der Waals surface area contributed by atoms with E-state index in [0.717, 1.165) is 30.5 Å². The number of rotatable bonds is 5. The van der Waals surface area contributed by atoms with Gasteiger partial charge in [0.2, 0.25) is 5.91 Å². The predicted octanol–water partition coefficient (Wildman–Crippen LogP) is 4.03. The van der Waals surface area contributed by atoms with E-state index in [0.29, 0.717) is 0 Å². The summed E-state index contributed by atoms with van der Waals surface area (Å²) in [4.78, 5) is 11.7. The van der Waals surface area contributed by atoms with Gasteiger partial charge in [0.05, 0.1) is 18.8 Å². The van der Waals surface area contributed by atoms with Crippen LogP contribution in [0.25, 0.3) is 0 Å². The van der Waals surface area contributed by atoms with E-state index >= 15 is 0 Å². The van der Waals surface area contributed by atoms with Crippen molar-refractivity contribution in [3.05, 3.63) is 89.7 Å². The molecule has 0 aliphatic carbocycles. The first-order valence-corrected chi connectivity index (χ1v) is 9.71. The van der Waals surface area contributed by atoms with Crippen LogP contribution in [0.2, 0.25) is 0 Å². The van der Waals surface area contributed by atoms with Gasteiger partial charge in [0.25, 0.3) is 0 Å². The van der Waals surface area contributed by atoms with Gasteiger partial charge in [-0.2, -0.15) is 5.10 Å². The van der Waals surface area contributed by atoms with Crippen molar-refractivity contribution in [2.75, 3.05) is 0 Å². The predicted molar refractivity (Wildman–Crippen MR) is 108 cm³/mol. The standard InChI is InChI=1S/C23H25N3O2/c1-17(27)25-21-14-22(19-8-3-2-4-9-19)28-23(15-21)20-10-5-7-18(13-20)16-26-12-6-11-24-26/h2-13,21-23H,14-16H2,1H3,(H,25,27)/t21-,22-,23+/m1/s1. The lowest BCUT2D eigenvalue weighted by Gasteiger charge is -2.36. The maximum atomic E-state index is 11.7. The van der Waals surface area contributed by atoms with Gasteiger partial charge in [0.15, 0.2) is 0 Å². The summed E-state index contributed by atoms with van der Waals surface area (Å²) < 4.78 is 8.40. The van der Waals surface area contributed by atoms with Crippen LogP contribution in [0.5, 0.6) is 0 Å². The van der Waals surface area contributed by atoms with Gasteiger partial charge in [-0.15, -0.1) is 0 Å². The fourth-order valence-electron chi connectivity index (χ4n) is 3.90. The molecule has 5 heteroatoms. The molecule has 1 aromatic heterocycles. The van der Waals surface area contributed by atoms with E-state index in [-0.39, 0.29) is 24.2 Å². The summed E-state index contributed by atoms with van der Waals surface area (Å²) in [6.07, 6.45) is 5.21. The van der Waals surface area contributed by atoms with Crippen LogP contribution in [0.4, 0.5) is 0 Å². The molecule has 5 nitrogen and oxygen atoms in total. The van der Waals surface area contributed by atoms with Crippen LogP contribution < -0.4 is 5.32 Å². The summed E-state index contributed by atoms with van der Waals surface area (Å²) in [6.45, 7) is 2.30. The van der Waals surface area contributed by atoms with E-state index in [1.807, 2.05) is 35.1 Å². The van der Waals surface area contributed by atoms with E-state index < -0.39 is 0 Å². The number of nitrogens with zero attached hydrogens (tertiary/aromatic N) is 2. The molecule has 3 atom stereocenters. The van der Waals surface area contributed by atoms with Gasteiger partial charge < -0.3 is 10.1 Å². The van der Waals surface area contributed by atoms with Gasteiger partial charge in [-0.05, 0) is 35.6 Å². The van der Waals surface area contributed by atoms with Crippen LogP contribution >= 0.6 is 0 Å². The van der Waals surface area contributed by atoms with Gasteiger partial charge in [0.1, 0.15) is 0 Å².